The van der Waals surface area contributed by atoms with Gasteiger partial charge in [-0.2, -0.15) is 12.6 Å². The Morgan fingerprint density at radius 1 is 0.912 bits per heavy atom. The molecule has 0 aliphatic rings. The van der Waals surface area contributed by atoms with Gasteiger partial charge in [0.15, 0.2) is 5.96 Å². The van der Waals surface area contributed by atoms with Crippen molar-refractivity contribution in [3.05, 3.63) is 0 Å². The number of aliphatic imine (C=N–C) groups is 1. The number of hydrogen-bond acceptors (Lipinski definition) is 8. The van der Waals surface area contributed by atoms with Crippen molar-refractivity contribution < 1.29 is 34.2 Å². The van der Waals surface area contributed by atoms with Crippen LogP contribution in [0.25, 0.3) is 0 Å². The van der Waals surface area contributed by atoms with Crippen molar-refractivity contribution >= 4 is 48.2 Å². The number of carboxylic acids is 2. The molecule has 0 saturated carbocycles. The summed E-state index contributed by atoms with van der Waals surface area (Å²) in [6.07, 6.45) is -0.167. The average molecular weight is 506 g/mol. The number of thiol groups is 1. The highest BCUT2D eigenvalue weighted by Gasteiger charge is 2.30. The van der Waals surface area contributed by atoms with E-state index in [0.29, 0.717) is 0 Å². The average Bonchev–Trinajstić information content (AvgIpc) is 2.71. The summed E-state index contributed by atoms with van der Waals surface area (Å²) in [6.45, 7) is 3.74. The summed E-state index contributed by atoms with van der Waals surface area (Å²) in [5.41, 5.74) is 16.1. The van der Waals surface area contributed by atoms with Crippen LogP contribution in [0.2, 0.25) is 0 Å². The number of rotatable bonds is 16. The van der Waals surface area contributed by atoms with E-state index in [9.17, 15) is 29.1 Å². The molecule has 0 radical (unpaired) electrons. The number of guanidine groups is 1. The molecule has 0 aromatic heterocycles. The Labute approximate surface area is 202 Å². The second kappa shape index (κ2) is 15.7. The second-order valence-electron chi connectivity index (χ2n) is 7.99. The number of amides is 3. The predicted octanol–water partition coefficient (Wildman–Crippen LogP) is -2.64. The first-order valence-corrected chi connectivity index (χ1v) is 11.2. The largest absolute Gasteiger partial charge is 0.481 e. The SMILES string of the molecule is CC(C)CC(NC(=O)C(CS)NC(=O)C(CCCN=C(N)N)NC(=O)C(N)CC(=O)O)C(=O)O. The van der Waals surface area contributed by atoms with Crippen molar-refractivity contribution in [3.63, 3.8) is 0 Å². The normalized spacial score (nSPS) is 14.3. The summed E-state index contributed by atoms with van der Waals surface area (Å²) in [5.74, 6) is -5.24. The van der Waals surface area contributed by atoms with Crippen LogP contribution >= 0.6 is 12.6 Å². The van der Waals surface area contributed by atoms with Crippen LogP contribution in [0.15, 0.2) is 4.99 Å². The Morgan fingerprint density at radius 2 is 1.44 bits per heavy atom. The molecule has 0 bridgehead atoms. The number of carbonyl (C=O) groups excluding carboxylic acids is 3. The number of nitrogens with one attached hydrogen (secondary N) is 3. The smallest absolute Gasteiger partial charge is 0.326 e. The topological polar surface area (TPSA) is 252 Å². The molecule has 11 N–H and O–H groups in total. The van der Waals surface area contributed by atoms with E-state index in [0.717, 1.165) is 0 Å². The van der Waals surface area contributed by atoms with Crippen molar-refractivity contribution in [1.29, 1.82) is 0 Å². The number of aliphatic carboxylic acids is 2. The van der Waals surface area contributed by atoms with Crippen molar-refractivity contribution in [3.8, 4) is 0 Å². The van der Waals surface area contributed by atoms with Crippen LogP contribution in [0.5, 0.6) is 0 Å². The molecule has 14 nitrogen and oxygen atoms in total. The van der Waals surface area contributed by atoms with Crippen LogP contribution in [0.3, 0.4) is 0 Å². The molecule has 0 aliphatic carbocycles. The minimum absolute atomic E-state index is 0.00902. The lowest BCUT2D eigenvalue weighted by Gasteiger charge is -2.24. The molecule has 0 fully saturated rings. The standard InChI is InChI=1S/C19H35N7O7S/c1-9(2)6-12(18(32)33)25-17(31)13(8-34)26-16(30)11(4-3-5-23-19(21)22)24-15(29)10(20)7-14(27)28/h9-13,34H,3-8,20H2,1-2H3,(H,24,29)(H,25,31)(H,26,30)(H,27,28)(H,32,33)(H4,21,22,23). The fourth-order valence-corrected chi connectivity index (χ4v) is 3.02. The molecule has 0 spiro atoms. The van der Waals surface area contributed by atoms with E-state index >= 15 is 0 Å². The van der Waals surface area contributed by atoms with Gasteiger partial charge in [-0.25, -0.2) is 4.79 Å². The highest BCUT2D eigenvalue weighted by Crippen LogP contribution is 2.06. The maximum atomic E-state index is 12.8. The van der Waals surface area contributed by atoms with Crippen LogP contribution in [-0.2, 0) is 24.0 Å². The van der Waals surface area contributed by atoms with Crippen molar-refractivity contribution in [2.24, 2.45) is 28.1 Å². The number of nitrogens with two attached hydrogens (primary N) is 3. The van der Waals surface area contributed by atoms with E-state index in [1.54, 1.807) is 13.8 Å². The monoisotopic (exact) mass is 505 g/mol. The summed E-state index contributed by atoms with van der Waals surface area (Å²) in [4.78, 5) is 63.6. The molecular formula is C19H35N7O7S. The molecular weight excluding hydrogens is 470 g/mol. The zero-order valence-electron chi connectivity index (χ0n) is 19.2. The Morgan fingerprint density at radius 3 is 1.91 bits per heavy atom. The highest BCUT2D eigenvalue weighted by atomic mass is 32.1. The minimum Gasteiger partial charge on any atom is -0.481 e. The third kappa shape index (κ3) is 12.8. The van der Waals surface area contributed by atoms with E-state index in [4.69, 9.17) is 22.3 Å². The predicted molar refractivity (Wildman–Crippen MR) is 127 cm³/mol. The lowest BCUT2D eigenvalue weighted by molar-refractivity contribution is -0.142. The molecule has 0 heterocycles. The molecule has 0 saturated heterocycles. The van der Waals surface area contributed by atoms with Gasteiger partial charge < -0.3 is 43.4 Å². The molecule has 3 amide bonds. The van der Waals surface area contributed by atoms with E-state index < -0.39 is 60.2 Å². The Kier molecular flexibility index (Phi) is 14.3. The first-order chi connectivity index (χ1) is 15.8. The maximum absolute atomic E-state index is 12.8. The van der Waals surface area contributed by atoms with Gasteiger partial charge in [-0.15, -0.1) is 0 Å². The fourth-order valence-electron chi connectivity index (χ4n) is 2.76. The molecule has 34 heavy (non-hydrogen) atoms. The first-order valence-electron chi connectivity index (χ1n) is 10.6. The van der Waals surface area contributed by atoms with Crippen LogP contribution in [0.1, 0.15) is 39.5 Å². The van der Waals surface area contributed by atoms with Crippen LogP contribution < -0.4 is 33.2 Å². The minimum atomic E-state index is -1.40. The zero-order chi connectivity index (χ0) is 26.4. The second-order valence-corrected chi connectivity index (χ2v) is 8.35. The molecule has 4 unspecified atom stereocenters. The summed E-state index contributed by atoms with van der Waals surface area (Å²) in [6, 6.07) is -4.95. The molecule has 0 rings (SSSR count). The van der Waals surface area contributed by atoms with E-state index in [1.165, 1.54) is 0 Å². The highest BCUT2D eigenvalue weighted by molar-refractivity contribution is 7.80. The van der Waals surface area contributed by atoms with E-state index in [-0.39, 0.29) is 43.4 Å². The Bertz CT molecular complexity index is 759. The number of nitrogens with zero attached hydrogens (tertiary/aromatic N) is 1. The van der Waals surface area contributed by atoms with E-state index in [2.05, 4.69) is 33.6 Å². The van der Waals surface area contributed by atoms with Gasteiger partial charge in [-0.05, 0) is 25.2 Å². The van der Waals surface area contributed by atoms with Gasteiger partial charge in [-0.3, -0.25) is 24.2 Å². The van der Waals surface area contributed by atoms with Gasteiger partial charge in [0.25, 0.3) is 0 Å². The lowest BCUT2D eigenvalue weighted by Crippen LogP contribution is -2.57. The van der Waals surface area contributed by atoms with Gasteiger partial charge in [0.2, 0.25) is 17.7 Å². The molecule has 0 aliphatic heterocycles. The van der Waals surface area contributed by atoms with Gasteiger partial charge in [-0.1, -0.05) is 13.8 Å². The zero-order valence-corrected chi connectivity index (χ0v) is 20.1. The molecule has 0 aromatic carbocycles. The summed E-state index contributed by atoms with van der Waals surface area (Å²) < 4.78 is 0. The fraction of sp³-hybridized carbons (Fsp3) is 0.684. The molecule has 4 atom stereocenters. The molecule has 15 heteroatoms. The van der Waals surface area contributed by atoms with Crippen LogP contribution in [0.4, 0.5) is 0 Å². The van der Waals surface area contributed by atoms with Gasteiger partial charge in [0, 0.05) is 12.3 Å². The first kappa shape index (κ1) is 30.9. The number of carbonyl (C=O) groups is 5. The Balaban J connectivity index is 5.37. The van der Waals surface area contributed by atoms with Crippen LogP contribution in [0, 0.1) is 5.92 Å². The summed E-state index contributed by atoms with van der Waals surface area (Å²) in [5, 5.41) is 25.3. The van der Waals surface area contributed by atoms with Crippen molar-refractivity contribution in [1.82, 2.24) is 16.0 Å². The third-order valence-corrected chi connectivity index (χ3v) is 4.81. The van der Waals surface area contributed by atoms with Crippen molar-refractivity contribution in [2.45, 2.75) is 63.7 Å². The quantitative estimate of drug-likeness (QED) is 0.0456. The maximum Gasteiger partial charge on any atom is 0.326 e. The van der Waals surface area contributed by atoms with Gasteiger partial charge >= 0.3 is 11.9 Å². The lowest BCUT2D eigenvalue weighted by atomic mass is 10.0. The number of carboxylic acid groups (broad SMARTS) is 2. The van der Waals surface area contributed by atoms with E-state index in [1.807, 2.05) is 0 Å². The van der Waals surface area contributed by atoms with Crippen molar-refractivity contribution in [2.75, 3.05) is 12.3 Å². The van der Waals surface area contributed by atoms with Gasteiger partial charge in [0.1, 0.15) is 18.1 Å². The van der Waals surface area contributed by atoms with Crippen LogP contribution in [-0.4, -0.2) is 82.3 Å². The number of hydrogen-bond donors (Lipinski definition) is 9. The third-order valence-electron chi connectivity index (χ3n) is 4.45. The molecule has 0 aromatic rings. The summed E-state index contributed by atoms with van der Waals surface area (Å²) in [7, 11) is 0. The molecule has 194 valence electrons. The summed E-state index contributed by atoms with van der Waals surface area (Å²) >= 11 is 4.05. The Hall–Kier alpha value is -3.07. The van der Waals surface area contributed by atoms with Gasteiger partial charge in [0.05, 0.1) is 12.5 Å².